The van der Waals surface area contributed by atoms with Gasteiger partial charge in [-0.25, -0.2) is 4.57 Å². The summed E-state index contributed by atoms with van der Waals surface area (Å²) in [6.45, 7) is 4.47. The number of carbonyl (C=O) groups is 2. The number of carbonyl (C=O) groups excluding carboxylic acids is 2. The molecule has 0 aromatic carbocycles. The van der Waals surface area contributed by atoms with Crippen molar-refractivity contribution < 1.29 is 42.1 Å². The Morgan fingerprint density at radius 2 is 0.750 bits per heavy atom. The Morgan fingerprint density at radius 3 is 1.11 bits per heavy atom. The summed E-state index contributed by atoms with van der Waals surface area (Å²) < 4.78 is 34.6. The Kier molecular flexibility index (Phi) is 52.7. The van der Waals surface area contributed by atoms with Crippen molar-refractivity contribution in [1.82, 2.24) is 0 Å². The van der Waals surface area contributed by atoms with Gasteiger partial charge in [0.1, 0.15) is 19.8 Å². The molecule has 0 saturated heterocycles. The molecule has 2 unspecified atom stereocenters. The Labute approximate surface area is 446 Å². The minimum absolute atomic E-state index is 0.0324. The van der Waals surface area contributed by atoms with Gasteiger partial charge in [0.2, 0.25) is 0 Å². The van der Waals surface area contributed by atoms with E-state index in [2.05, 4.69) is 50.3 Å². The molecule has 9 nitrogen and oxygen atoms in total. The second kappa shape index (κ2) is 54.0. The molecular weight excluding hydrogens is 918 g/mol. The van der Waals surface area contributed by atoms with E-state index in [0.717, 1.165) is 51.4 Å². The second-order valence-corrected chi connectivity index (χ2v) is 23.6. The van der Waals surface area contributed by atoms with Gasteiger partial charge in [-0.3, -0.25) is 18.6 Å². The molecule has 2 atom stereocenters. The van der Waals surface area contributed by atoms with Gasteiger partial charge in [-0.2, -0.15) is 0 Å². The Balaban J connectivity index is 4.12. The molecule has 0 radical (unpaired) electrons. The molecule has 0 aliphatic rings. The summed E-state index contributed by atoms with van der Waals surface area (Å²) in [7, 11) is 1.49. The van der Waals surface area contributed by atoms with E-state index in [4.69, 9.17) is 18.5 Å². The lowest BCUT2D eigenvalue weighted by atomic mass is 10.0. The van der Waals surface area contributed by atoms with Gasteiger partial charge < -0.3 is 18.9 Å². The second-order valence-electron chi connectivity index (χ2n) is 22.1. The molecular formula is C62H119NO8P+. The molecule has 424 valence electrons. The smallest absolute Gasteiger partial charge is 0.462 e. The van der Waals surface area contributed by atoms with Crippen LogP contribution in [0.5, 0.6) is 0 Å². The van der Waals surface area contributed by atoms with E-state index >= 15 is 0 Å². The predicted molar refractivity (Wildman–Crippen MR) is 307 cm³/mol. The van der Waals surface area contributed by atoms with Crippen LogP contribution < -0.4 is 0 Å². The number of nitrogens with zero attached hydrogens (tertiary/aromatic N) is 1. The number of hydrogen-bond donors (Lipinski definition) is 1. The van der Waals surface area contributed by atoms with E-state index in [1.807, 2.05) is 21.1 Å². The monoisotopic (exact) mass is 1040 g/mol. The van der Waals surface area contributed by atoms with Crippen molar-refractivity contribution in [3.8, 4) is 0 Å². The van der Waals surface area contributed by atoms with Crippen LogP contribution in [0.25, 0.3) is 0 Å². The molecule has 0 fully saturated rings. The van der Waals surface area contributed by atoms with E-state index in [1.54, 1.807) is 0 Å². The van der Waals surface area contributed by atoms with E-state index in [0.29, 0.717) is 23.9 Å². The molecule has 0 bridgehead atoms. The van der Waals surface area contributed by atoms with Crippen LogP contribution in [0.3, 0.4) is 0 Å². The van der Waals surface area contributed by atoms with Gasteiger partial charge in [-0.15, -0.1) is 0 Å². The number of phosphoric acid groups is 1. The number of ether oxygens (including phenoxy) is 2. The van der Waals surface area contributed by atoms with Crippen LogP contribution in [0, 0.1) is 0 Å². The highest BCUT2D eigenvalue weighted by Crippen LogP contribution is 2.43. The van der Waals surface area contributed by atoms with Crippen LogP contribution in [0.15, 0.2) is 36.5 Å². The molecule has 0 aromatic rings. The number of rotatable bonds is 57. The Hall–Kier alpha value is -1.77. The first-order valence-electron chi connectivity index (χ1n) is 30.7. The van der Waals surface area contributed by atoms with Crippen LogP contribution in [0.4, 0.5) is 0 Å². The van der Waals surface area contributed by atoms with Gasteiger partial charge in [-0.05, 0) is 51.4 Å². The molecule has 0 amide bonds. The van der Waals surface area contributed by atoms with Gasteiger partial charge in [0.15, 0.2) is 6.10 Å². The molecule has 0 rings (SSSR count). The van der Waals surface area contributed by atoms with Crippen molar-refractivity contribution in [1.29, 1.82) is 0 Å². The lowest BCUT2D eigenvalue weighted by Crippen LogP contribution is -2.37. The first kappa shape index (κ1) is 70.2. The predicted octanol–water partition coefficient (Wildman–Crippen LogP) is 19.2. The van der Waals surface area contributed by atoms with Crippen molar-refractivity contribution in [2.75, 3.05) is 47.5 Å². The fourth-order valence-electron chi connectivity index (χ4n) is 8.91. The van der Waals surface area contributed by atoms with E-state index in [-0.39, 0.29) is 25.6 Å². The van der Waals surface area contributed by atoms with Crippen LogP contribution in [-0.4, -0.2) is 74.9 Å². The fourth-order valence-corrected chi connectivity index (χ4v) is 9.65. The Bertz CT molecular complexity index is 1310. The minimum Gasteiger partial charge on any atom is -0.462 e. The number of unbranched alkanes of at least 4 members (excludes halogenated alkanes) is 37. The number of allylic oxidation sites excluding steroid dienone is 6. The van der Waals surface area contributed by atoms with E-state index in [9.17, 15) is 19.0 Å². The number of hydrogen-bond acceptors (Lipinski definition) is 7. The Morgan fingerprint density at radius 1 is 0.431 bits per heavy atom. The number of phosphoric ester groups is 1. The summed E-state index contributed by atoms with van der Waals surface area (Å²) in [5.74, 6) is -0.787. The van der Waals surface area contributed by atoms with Crippen molar-refractivity contribution in [3.05, 3.63) is 36.5 Å². The third-order valence-electron chi connectivity index (χ3n) is 13.7. The molecule has 72 heavy (non-hydrogen) atoms. The highest BCUT2D eigenvalue weighted by molar-refractivity contribution is 7.47. The van der Waals surface area contributed by atoms with Crippen molar-refractivity contribution in [2.24, 2.45) is 0 Å². The summed E-state index contributed by atoms with van der Waals surface area (Å²) in [5.41, 5.74) is 0. The van der Waals surface area contributed by atoms with E-state index in [1.165, 1.54) is 212 Å². The molecule has 0 aliphatic carbocycles. The molecule has 0 spiro atoms. The number of esters is 2. The maximum absolute atomic E-state index is 12.8. The molecule has 10 heteroatoms. The van der Waals surface area contributed by atoms with Crippen LogP contribution in [-0.2, 0) is 32.7 Å². The van der Waals surface area contributed by atoms with Gasteiger partial charge in [0.05, 0.1) is 27.7 Å². The van der Waals surface area contributed by atoms with Gasteiger partial charge in [-0.1, -0.05) is 269 Å². The standard InChI is InChI=1S/C62H118NO8P/c1-6-8-10-12-14-16-18-20-22-24-26-28-30-31-33-35-37-39-41-43-45-47-49-51-53-55-62(65)71-60(59-70-72(66,67)69-57-56-63(3,4)5)58-68-61(64)54-52-50-48-46-44-42-40-38-36-34-32-29-27-25-23-21-19-17-15-13-11-9-7-2/h18,20,24,26,30-31,60H,6-17,19,21-23,25,27-29,32-59H2,1-5H3/p+1/b20-18-,26-24-,31-30-. The minimum atomic E-state index is -4.39. The third-order valence-corrected chi connectivity index (χ3v) is 14.7. The normalized spacial score (nSPS) is 13.5. The van der Waals surface area contributed by atoms with Crippen LogP contribution in [0.1, 0.15) is 296 Å². The molecule has 0 aliphatic heterocycles. The third kappa shape index (κ3) is 57.5. The number of likely N-dealkylation sites (N-methyl/N-ethyl adjacent to an activating group) is 1. The zero-order valence-electron chi connectivity index (χ0n) is 48.2. The summed E-state index contributed by atoms with van der Waals surface area (Å²) >= 11 is 0. The van der Waals surface area contributed by atoms with Gasteiger partial charge >= 0.3 is 19.8 Å². The first-order chi connectivity index (χ1) is 35.0. The summed E-state index contributed by atoms with van der Waals surface area (Å²) in [6.07, 6.45) is 66.4. The van der Waals surface area contributed by atoms with Crippen LogP contribution >= 0.6 is 7.82 Å². The quantitative estimate of drug-likeness (QED) is 0.0211. The maximum Gasteiger partial charge on any atom is 0.472 e. The van der Waals surface area contributed by atoms with Gasteiger partial charge in [0, 0.05) is 12.8 Å². The average molecular weight is 1040 g/mol. The van der Waals surface area contributed by atoms with Gasteiger partial charge in [0.25, 0.3) is 0 Å². The lowest BCUT2D eigenvalue weighted by Gasteiger charge is -2.24. The van der Waals surface area contributed by atoms with Crippen molar-refractivity contribution >= 4 is 19.8 Å². The maximum atomic E-state index is 12.8. The van der Waals surface area contributed by atoms with Crippen molar-refractivity contribution in [3.63, 3.8) is 0 Å². The summed E-state index contributed by atoms with van der Waals surface area (Å²) in [5, 5.41) is 0. The largest absolute Gasteiger partial charge is 0.472 e. The molecule has 0 saturated carbocycles. The van der Waals surface area contributed by atoms with Crippen molar-refractivity contribution in [2.45, 2.75) is 302 Å². The highest BCUT2D eigenvalue weighted by atomic mass is 31.2. The number of quaternary nitrogens is 1. The topological polar surface area (TPSA) is 108 Å². The zero-order valence-corrected chi connectivity index (χ0v) is 49.1. The summed E-state index contributed by atoms with van der Waals surface area (Å²) in [6, 6.07) is 0. The first-order valence-corrected chi connectivity index (χ1v) is 32.2. The molecule has 0 heterocycles. The molecule has 1 N–H and O–H groups in total. The molecule has 0 aromatic heterocycles. The summed E-state index contributed by atoms with van der Waals surface area (Å²) in [4.78, 5) is 35.7. The van der Waals surface area contributed by atoms with E-state index < -0.39 is 26.5 Å². The van der Waals surface area contributed by atoms with Crippen LogP contribution in [0.2, 0.25) is 0 Å². The average Bonchev–Trinajstić information content (AvgIpc) is 3.34. The zero-order chi connectivity index (χ0) is 52.7. The highest BCUT2D eigenvalue weighted by Gasteiger charge is 2.27. The fraction of sp³-hybridized carbons (Fsp3) is 0.871. The lowest BCUT2D eigenvalue weighted by molar-refractivity contribution is -0.870. The SMILES string of the molecule is CCCCCCC/C=C\C/C=C\C/C=C\CCCCCCCCCCCCC(=O)OC(COC(=O)CCCCCCCCCCCCCCCCCCCCCCCCC)COP(=O)(O)OCC[N+](C)(C)C.